The van der Waals surface area contributed by atoms with Crippen molar-refractivity contribution in [3.8, 4) is 0 Å². The molecule has 5 heteroatoms. The van der Waals surface area contributed by atoms with E-state index in [9.17, 15) is 9.59 Å². The summed E-state index contributed by atoms with van der Waals surface area (Å²) in [5.74, 6) is 1.73. The molecule has 2 N–H and O–H groups in total. The lowest BCUT2D eigenvalue weighted by atomic mass is 9.43. The van der Waals surface area contributed by atoms with Crippen LogP contribution in [0.1, 0.15) is 90.5 Å². The van der Waals surface area contributed by atoms with Crippen molar-refractivity contribution in [2.24, 2.45) is 40.2 Å². The van der Waals surface area contributed by atoms with Gasteiger partial charge < -0.3 is 14.9 Å². The molecule has 34 heavy (non-hydrogen) atoms. The number of rotatable bonds is 4. The summed E-state index contributed by atoms with van der Waals surface area (Å²) in [6.07, 6.45) is 13.1. The summed E-state index contributed by atoms with van der Waals surface area (Å²) in [6, 6.07) is 3.00. The molecule has 5 nitrogen and oxygen atoms in total. The van der Waals surface area contributed by atoms with E-state index in [-0.39, 0.29) is 29.0 Å². The highest BCUT2D eigenvalue weighted by Crippen LogP contribution is 2.68. The number of fused-ring (bicyclic) bond motifs is 5. The molecule has 0 spiro atoms. The van der Waals surface area contributed by atoms with Crippen LogP contribution in [-0.2, 0) is 9.53 Å². The fourth-order valence-electron chi connectivity index (χ4n) is 8.08. The minimum Gasteiger partial charge on any atom is -0.461 e. The Balaban J connectivity index is 1.45. The highest BCUT2D eigenvalue weighted by Gasteiger charge is 2.59. The molecule has 4 aliphatic carbocycles. The molecule has 0 radical (unpaired) electrons. The molecule has 3 fully saturated rings. The molecule has 0 amide bonds. The van der Waals surface area contributed by atoms with Crippen molar-refractivity contribution >= 4 is 5.97 Å². The summed E-state index contributed by atoms with van der Waals surface area (Å²) in [6.45, 7) is 8.89. The first-order chi connectivity index (χ1) is 16.1. The van der Waals surface area contributed by atoms with Crippen LogP contribution in [0.5, 0.6) is 0 Å². The number of nitrogens with two attached hydrogens (primary N) is 1. The van der Waals surface area contributed by atoms with Gasteiger partial charge in [0.1, 0.15) is 12.1 Å². The molecule has 2 unspecified atom stereocenters. The summed E-state index contributed by atoms with van der Waals surface area (Å²) in [4.78, 5) is 24.3. The maximum absolute atomic E-state index is 12.6. The van der Waals surface area contributed by atoms with E-state index in [1.165, 1.54) is 25.7 Å². The maximum Gasteiger partial charge on any atom is 0.335 e. The fraction of sp³-hybridized carbons (Fsp3) is 0.724. The molecule has 0 saturated heterocycles. The molecular formula is C29H41NO4. The van der Waals surface area contributed by atoms with Crippen molar-refractivity contribution < 1.29 is 13.9 Å². The lowest BCUT2D eigenvalue weighted by Gasteiger charge is -2.61. The van der Waals surface area contributed by atoms with Gasteiger partial charge in [0.2, 0.25) is 0 Å². The van der Waals surface area contributed by atoms with E-state index in [4.69, 9.17) is 14.9 Å². The van der Waals surface area contributed by atoms with Crippen molar-refractivity contribution in [2.75, 3.05) is 0 Å². The summed E-state index contributed by atoms with van der Waals surface area (Å²) < 4.78 is 11.3. The van der Waals surface area contributed by atoms with Crippen LogP contribution < -0.4 is 11.4 Å². The monoisotopic (exact) mass is 467 g/mol. The van der Waals surface area contributed by atoms with Crippen LogP contribution in [0.2, 0.25) is 0 Å². The smallest absolute Gasteiger partial charge is 0.335 e. The van der Waals surface area contributed by atoms with Gasteiger partial charge in [0, 0.05) is 6.07 Å². The minimum absolute atomic E-state index is 0.0548. The molecule has 0 bridgehead atoms. The van der Waals surface area contributed by atoms with E-state index in [2.05, 4.69) is 19.9 Å². The number of carbonyl (C=O) groups is 1. The Morgan fingerprint density at radius 3 is 2.65 bits per heavy atom. The average molecular weight is 468 g/mol. The fourth-order valence-corrected chi connectivity index (χ4v) is 8.08. The SMILES string of the molecule is CC(C)C(N)C(=O)O[C@H]1CC[C@@]2(C)[C@H](CC(c3ccc(=O)oc3)[C@@H]3C4=CCC[C@]4(C)CC[C@@H]32)C1. The lowest BCUT2D eigenvalue weighted by Crippen LogP contribution is -2.54. The van der Waals surface area contributed by atoms with E-state index < -0.39 is 6.04 Å². The van der Waals surface area contributed by atoms with Gasteiger partial charge in [-0.3, -0.25) is 4.79 Å². The maximum atomic E-state index is 12.6. The summed E-state index contributed by atoms with van der Waals surface area (Å²) in [5.41, 5.74) is 9.16. The Bertz CT molecular complexity index is 1010. The molecule has 5 rings (SSSR count). The Morgan fingerprint density at radius 2 is 1.94 bits per heavy atom. The molecule has 3 saturated carbocycles. The van der Waals surface area contributed by atoms with Crippen molar-refractivity contribution in [1.82, 2.24) is 0 Å². The average Bonchev–Trinajstić information content (AvgIpc) is 3.20. The molecule has 1 heterocycles. The third-order valence-electron chi connectivity index (χ3n) is 10.3. The van der Waals surface area contributed by atoms with Gasteiger partial charge in [0.25, 0.3) is 0 Å². The standard InChI is InChI=1S/C29H41NO4/c1-17(2)26(30)27(32)34-20-9-13-29(4)19(14-20)15-21(18-7-8-24(31)33-16-18)25-22-6-5-11-28(22,3)12-10-23(25)29/h6-8,16-17,19-21,23,25-26H,5,9-15,30H2,1-4H3/t19-,20-,21?,23-,25+,26?,28+,29-/m0/s1. The third kappa shape index (κ3) is 3.88. The number of hydrogen-bond donors (Lipinski definition) is 1. The zero-order valence-electron chi connectivity index (χ0n) is 21.2. The van der Waals surface area contributed by atoms with Gasteiger partial charge in [-0.2, -0.15) is 0 Å². The van der Waals surface area contributed by atoms with E-state index in [0.29, 0.717) is 29.1 Å². The molecule has 4 aliphatic rings. The first kappa shape index (κ1) is 23.8. The molecule has 8 atom stereocenters. The largest absolute Gasteiger partial charge is 0.461 e. The number of carbonyl (C=O) groups excluding carboxylic acids is 1. The van der Waals surface area contributed by atoms with E-state index in [0.717, 1.165) is 31.2 Å². The van der Waals surface area contributed by atoms with Crippen molar-refractivity contribution in [3.05, 3.63) is 46.0 Å². The Labute approximate surface area is 203 Å². The Kier molecular flexibility index (Phi) is 6.07. The summed E-state index contributed by atoms with van der Waals surface area (Å²) in [5, 5.41) is 0. The lowest BCUT2D eigenvalue weighted by molar-refractivity contribution is -0.160. The van der Waals surface area contributed by atoms with Crippen LogP contribution in [0.25, 0.3) is 0 Å². The van der Waals surface area contributed by atoms with Crippen LogP contribution in [0.4, 0.5) is 0 Å². The van der Waals surface area contributed by atoms with Gasteiger partial charge in [-0.1, -0.05) is 39.3 Å². The summed E-state index contributed by atoms with van der Waals surface area (Å²) >= 11 is 0. The predicted octanol–water partition coefficient (Wildman–Crippen LogP) is 5.58. The van der Waals surface area contributed by atoms with Crippen molar-refractivity contribution in [2.45, 2.75) is 97.1 Å². The van der Waals surface area contributed by atoms with Crippen LogP contribution in [0.15, 0.2) is 39.3 Å². The van der Waals surface area contributed by atoms with Gasteiger partial charge in [-0.15, -0.1) is 0 Å². The first-order valence-electron chi connectivity index (χ1n) is 13.4. The molecule has 0 aromatic carbocycles. The number of hydrogen-bond acceptors (Lipinski definition) is 5. The zero-order valence-corrected chi connectivity index (χ0v) is 21.2. The first-order valence-corrected chi connectivity index (χ1v) is 13.4. The Morgan fingerprint density at radius 1 is 1.15 bits per heavy atom. The number of allylic oxidation sites excluding steroid dienone is 2. The second kappa shape index (κ2) is 8.65. The van der Waals surface area contributed by atoms with Gasteiger partial charge in [0.15, 0.2) is 0 Å². The number of ether oxygens (including phenoxy) is 1. The molecule has 186 valence electrons. The normalized spacial score (nSPS) is 40.1. The zero-order chi connectivity index (χ0) is 24.3. The summed E-state index contributed by atoms with van der Waals surface area (Å²) in [7, 11) is 0. The van der Waals surface area contributed by atoms with Crippen LogP contribution in [0, 0.1) is 34.5 Å². The van der Waals surface area contributed by atoms with Crippen LogP contribution >= 0.6 is 0 Å². The van der Waals surface area contributed by atoms with E-state index in [1.807, 2.05) is 19.9 Å². The minimum atomic E-state index is -0.561. The van der Waals surface area contributed by atoms with Gasteiger partial charge in [-0.05, 0) is 103 Å². The molecule has 0 aliphatic heterocycles. The second-order valence-corrected chi connectivity index (χ2v) is 12.5. The predicted molar refractivity (Wildman–Crippen MR) is 132 cm³/mol. The quantitative estimate of drug-likeness (QED) is 0.462. The second-order valence-electron chi connectivity index (χ2n) is 12.5. The van der Waals surface area contributed by atoms with Gasteiger partial charge in [0.05, 0.1) is 6.26 Å². The van der Waals surface area contributed by atoms with Gasteiger partial charge in [-0.25, -0.2) is 4.79 Å². The molecular weight excluding hydrogens is 426 g/mol. The third-order valence-corrected chi connectivity index (χ3v) is 10.3. The Hall–Kier alpha value is -1.88. The highest BCUT2D eigenvalue weighted by atomic mass is 16.5. The van der Waals surface area contributed by atoms with Gasteiger partial charge >= 0.3 is 11.6 Å². The topological polar surface area (TPSA) is 82.5 Å². The van der Waals surface area contributed by atoms with E-state index in [1.54, 1.807) is 17.9 Å². The van der Waals surface area contributed by atoms with Crippen molar-refractivity contribution in [1.29, 1.82) is 0 Å². The van der Waals surface area contributed by atoms with Crippen LogP contribution in [-0.4, -0.2) is 18.1 Å². The number of esters is 1. The van der Waals surface area contributed by atoms with Crippen LogP contribution in [0.3, 0.4) is 0 Å². The van der Waals surface area contributed by atoms with Crippen molar-refractivity contribution in [3.63, 3.8) is 0 Å². The molecule has 1 aromatic rings. The molecule has 1 aromatic heterocycles. The van der Waals surface area contributed by atoms with E-state index >= 15 is 0 Å². The highest BCUT2D eigenvalue weighted by molar-refractivity contribution is 5.75.